The van der Waals surface area contributed by atoms with E-state index in [1.807, 2.05) is 25.5 Å². The highest BCUT2D eigenvalue weighted by Crippen LogP contribution is 2.19. The lowest BCUT2D eigenvalue weighted by Gasteiger charge is -2.33. The number of carbonyl (C=O) groups excluding carboxylic acids is 1. The summed E-state index contributed by atoms with van der Waals surface area (Å²) in [5.41, 5.74) is 0. The second kappa shape index (κ2) is 9.86. The van der Waals surface area contributed by atoms with Gasteiger partial charge in [0.25, 0.3) is 0 Å². The Morgan fingerprint density at radius 2 is 2.11 bits per heavy atom. The average Bonchev–Trinajstić information content (AvgIpc) is 3.33. The molecule has 2 aliphatic heterocycles. The van der Waals surface area contributed by atoms with Gasteiger partial charge in [-0.1, -0.05) is 0 Å². The lowest BCUT2D eigenvalue weighted by atomic mass is 9.97. The number of hydrogen-bond donors (Lipinski definition) is 1. The Bertz CT molecular complexity index is 675. The molecule has 9 nitrogen and oxygen atoms in total. The Morgan fingerprint density at radius 3 is 2.71 bits per heavy atom. The van der Waals surface area contributed by atoms with Crippen LogP contribution in [-0.2, 0) is 27.9 Å². The molecular weight excluding hydrogens is 360 g/mol. The van der Waals surface area contributed by atoms with Crippen LogP contribution in [0.15, 0.2) is 4.99 Å². The first-order valence-corrected chi connectivity index (χ1v) is 10.2. The minimum atomic E-state index is -0.0810. The topological polar surface area (TPSA) is 93.9 Å². The molecule has 2 saturated heterocycles. The molecule has 1 N–H and O–H groups in total. The van der Waals surface area contributed by atoms with Crippen molar-refractivity contribution in [2.75, 3.05) is 32.8 Å². The number of nitrogens with zero attached hydrogens (tertiary/aromatic N) is 5. The van der Waals surface area contributed by atoms with Crippen LogP contribution in [0.2, 0.25) is 0 Å². The van der Waals surface area contributed by atoms with E-state index >= 15 is 0 Å². The smallest absolute Gasteiger partial charge is 0.309 e. The molecule has 0 radical (unpaired) electrons. The second-order valence-electron chi connectivity index (χ2n) is 7.39. The summed E-state index contributed by atoms with van der Waals surface area (Å²) >= 11 is 0. The Kier molecular flexibility index (Phi) is 7.24. The SMILES string of the molecule is CCOC(=O)C1CCN(C(=NCc2nnc(C)n2C)NCC2CCCO2)CC1. The average molecular weight is 393 g/mol. The summed E-state index contributed by atoms with van der Waals surface area (Å²) < 4.78 is 12.9. The minimum Gasteiger partial charge on any atom is -0.466 e. The van der Waals surface area contributed by atoms with Gasteiger partial charge in [0.2, 0.25) is 0 Å². The summed E-state index contributed by atoms with van der Waals surface area (Å²) in [6.07, 6.45) is 3.99. The van der Waals surface area contributed by atoms with Crippen molar-refractivity contribution >= 4 is 11.9 Å². The molecule has 1 aromatic rings. The van der Waals surface area contributed by atoms with Gasteiger partial charge in [0, 0.05) is 33.3 Å². The minimum absolute atomic E-state index is 0.0167. The Morgan fingerprint density at radius 1 is 1.32 bits per heavy atom. The van der Waals surface area contributed by atoms with Crippen molar-refractivity contribution in [3.05, 3.63) is 11.6 Å². The molecule has 156 valence electrons. The molecule has 3 heterocycles. The van der Waals surface area contributed by atoms with E-state index in [9.17, 15) is 4.79 Å². The number of carbonyl (C=O) groups is 1. The summed E-state index contributed by atoms with van der Waals surface area (Å²) in [5, 5.41) is 11.8. The molecule has 3 rings (SSSR count). The van der Waals surface area contributed by atoms with Gasteiger partial charge in [-0.2, -0.15) is 0 Å². The maximum absolute atomic E-state index is 12.0. The zero-order chi connectivity index (χ0) is 19.9. The van der Waals surface area contributed by atoms with E-state index in [-0.39, 0.29) is 18.0 Å². The zero-order valence-electron chi connectivity index (χ0n) is 17.2. The van der Waals surface area contributed by atoms with E-state index in [0.29, 0.717) is 13.2 Å². The Labute approximate surface area is 166 Å². The lowest BCUT2D eigenvalue weighted by molar-refractivity contribution is -0.149. The lowest BCUT2D eigenvalue weighted by Crippen LogP contribution is -2.48. The highest BCUT2D eigenvalue weighted by molar-refractivity contribution is 5.80. The van der Waals surface area contributed by atoms with Crippen molar-refractivity contribution in [1.29, 1.82) is 0 Å². The van der Waals surface area contributed by atoms with Crippen LogP contribution < -0.4 is 5.32 Å². The van der Waals surface area contributed by atoms with Crippen LogP contribution in [0.3, 0.4) is 0 Å². The number of hydrogen-bond acceptors (Lipinski definition) is 6. The van der Waals surface area contributed by atoms with Gasteiger partial charge in [-0.3, -0.25) is 4.79 Å². The van der Waals surface area contributed by atoms with Gasteiger partial charge in [0.05, 0.1) is 18.6 Å². The second-order valence-corrected chi connectivity index (χ2v) is 7.39. The van der Waals surface area contributed by atoms with Crippen molar-refractivity contribution in [2.24, 2.45) is 18.0 Å². The van der Waals surface area contributed by atoms with Gasteiger partial charge < -0.3 is 24.3 Å². The third-order valence-corrected chi connectivity index (χ3v) is 5.48. The van der Waals surface area contributed by atoms with E-state index in [4.69, 9.17) is 14.5 Å². The Hall–Kier alpha value is -2.16. The molecule has 0 amide bonds. The summed E-state index contributed by atoms with van der Waals surface area (Å²) in [7, 11) is 1.95. The third-order valence-electron chi connectivity index (χ3n) is 5.48. The van der Waals surface area contributed by atoms with Crippen LogP contribution in [0.1, 0.15) is 44.3 Å². The largest absolute Gasteiger partial charge is 0.466 e. The molecule has 0 bridgehead atoms. The first-order chi connectivity index (χ1) is 13.6. The quantitative estimate of drug-likeness (QED) is 0.439. The number of esters is 1. The van der Waals surface area contributed by atoms with Crippen molar-refractivity contribution < 1.29 is 14.3 Å². The van der Waals surface area contributed by atoms with Crippen molar-refractivity contribution in [2.45, 2.75) is 52.2 Å². The molecule has 0 spiro atoms. The van der Waals surface area contributed by atoms with Gasteiger partial charge in [-0.15, -0.1) is 10.2 Å². The van der Waals surface area contributed by atoms with E-state index in [1.165, 1.54) is 0 Å². The first kappa shape index (κ1) is 20.6. The Balaban J connectivity index is 1.62. The normalized spacial score (nSPS) is 21.2. The van der Waals surface area contributed by atoms with E-state index < -0.39 is 0 Å². The third kappa shape index (κ3) is 5.21. The van der Waals surface area contributed by atoms with Crippen LogP contribution in [0.25, 0.3) is 0 Å². The van der Waals surface area contributed by atoms with Gasteiger partial charge in [0.15, 0.2) is 11.8 Å². The maximum atomic E-state index is 12.0. The number of likely N-dealkylation sites (tertiary alicyclic amines) is 1. The van der Waals surface area contributed by atoms with Gasteiger partial charge >= 0.3 is 5.97 Å². The van der Waals surface area contributed by atoms with Crippen molar-refractivity contribution in [3.63, 3.8) is 0 Å². The van der Waals surface area contributed by atoms with Gasteiger partial charge in [-0.25, -0.2) is 4.99 Å². The number of aliphatic imine (C=N–C) groups is 1. The molecule has 2 aliphatic rings. The van der Waals surface area contributed by atoms with E-state index in [2.05, 4.69) is 20.4 Å². The fourth-order valence-electron chi connectivity index (χ4n) is 3.60. The number of piperidine rings is 1. The van der Waals surface area contributed by atoms with Crippen molar-refractivity contribution in [1.82, 2.24) is 25.0 Å². The summed E-state index contributed by atoms with van der Waals surface area (Å²) in [6.45, 7) is 7.81. The summed E-state index contributed by atoms with van der Waals surface area (Å²) in [5.74, 6) is 2.45. The fourth-order valence-corrected chi connectivity index (χ4v) is 3.60. The molecule has 1 unspecified atom stereocenters. The number of rotatable bonds is 6. The van der Waals surface area contributed by atoms with Crippen LogP contribution in [0, 0.1) is 12.8 Å². The van der Waals surface area contributed by atoms with E-state index in [0.717, 1.165) is 69.5 Å². The maximum Gasteiger partial charge on any atom is 0.309 e. The van der Waals surface area contributed by atoms with Gasteiger partial charge in [0.1, 0.15) is 12.4 Å². The molecule has 9 heteroatoms. The predicted octanol–water partition coefficient (Wildman–Crippen LogP) is 1.02. The number of ether oxygens (including phenoxy) is 2. The van der Waals surface area contributed by atoms with Crippen LogP contribution in [-0.4, -0.2) is 70.5 Å². The number of guanidine groups is 1. The monoisotopic (exact) mass is 392 g/mol. The first-order valence-electron chi connectivity index (χ1n) is 10.2. The zero-order valence-corrected chi connectivity index (χ0v) is 17.2. The molecule has 1 aromatic heterocycles. The molecule has 2 fully saturated rings. The molecule has 1 atom stereocenters. The van der Waals surface area contributed by atoms with Gasteiger partial charge in [-0.05, 0) is 39.5 Å². The van der Waals surface area contributed by atoms with E-state index in [1.54, 1.807) is 0 Å². The van der Waals surface area contributed by atoms with Crippen LogP contribution in [0.4, 0.5) is 0 Å². The molecule has 0 aliphatic carbocycles. The van der Waals surface area contributed by atoms with Crippen LogP contribution in [0.5, 0.6) is 0 Å². The fraction of sp³-hybridized carbons (Fsp3) is 0.789. The molecule has 0 aromatic carbocycles. The highest BCUT2D eigenvalue weighted by Gasteiger charge is 2.28. The number of aryl methyl sites for hydroxylation is 1. The molecule has 0 saturated carbocycles. The molecule has 28 heavy (non-hydrogen) atoms. The molecular formula is C19H32N6O3. The number of aromatic nitrogens is 3. The highest BCUT2D eigenvalue weighted by atomic mass is 16.5. The van der Waals surface area contributed by atoms with Crippen LogP contribution >= 0.6 is 0 Å². The predicted molar refractivity (Wildman–Crippen MR) is 105 cm³/mol. The standard InChI is InChI=1S/C19H32N6O3/c1-4-27-18(26)15-7-9-25(10-8-15)19(20-12-16-6-5-11-28-16)21-13-17-23-22-14(2)24(17)3/h15-16H,4-13H2,1-3H3,(H,20,21). The number of nitrogens with one attached hydrogen (secondary N) is 1. The van der Waals surface area contributed by atoms with Crippen molar-refractivity contribution in [3.8, 4) is 0 Å². The summed E-state index contributed by atoms with van der Waals surface area (Å²) in [6, 6.07) is 0. The summed E-state index contributed by atoms with van der Waals surface area (Å²) in [4.78, 5) is 19.0.